The molecule has 0 radical (unpaired) electrons. The zero-order valence-corrected chi connectivity index (χ0v) is 12.9. The molecule has 108 valence electrons. The van der Waals surface area contributed by atoms with Crippen molar-refractivity contribution in [2.24, 2.45) is 5.73 Å². The van der Waals surface area contributed by atoms with Gasteiger partial charge in [-0.2, -0.15) is 5.10 Å². The van der Waals surface area contributed by atoms with Gasteiger partial charge in [-0.25, -0.2) is 0 Å². The minimum Gasteiger partial charge on any atom is -0.350 e. The highest BCUT2D eigenvalue weighted by molar-refractivity contribution is 5.95. The Hall–Kier alpha value is -1.36. The third-order valence-electron chi connectivity index (χ3n) is 2.79. The molecule has 1 heterocycles. The fourth-order valence-electron chi connectivity index (χ4n) is 1.89. The van der Waals surface area contributed by atoms with E-state index in [-0.39, 0.29) is 11.4 Å². The van der Waals surface area contributed by atoms with Crippen LogP contribution in [0, 0.1) is 0 Å². The summed E-state index contributed by atoms with van der Waals surface area (Å²) in [7, 11) is 0. The van der Waals surface area contributed by atoms with Crippen molar-refractivity contribution in [2.45, 2.75) is 59.0 Å². The molecule has 0 unspecified atom stereocenters. The van der Waals surface area contributed by atoms with Crippen molar-refractivity contribution in [3.63, 3.8) is 0 Å². The third kappa shape index (κ3) is 4.06. The van der Waals surface area contributed by atoms with E-state index in [0.29, 0.717) is 12.1 Å². The second-order valence-corrected chi connectivity index (χ2v) is 6.61. The Morgan fingerprint density at radius 1 is 1.37 bits per heavy atom. The number of carbonyl (C=O) groups excluding carboxylic acids is 1. The highest BCUT2D eigenvalue weighted by atomic mass is 16.1. The van der Waals surface area contributed by atoms with Crippen LogP contribution in [-0.2, 0) is 12.0 Å². The molecule has 0 bridgehead atoms. The molecule has 0 aliphatic rings. The number of carbonyl (C=O) groups is 1. The van der Waals surface area contributed by atoms with E-state index < -0.39 is 5.54 Å². The molecule has 0 atom stereocenters. The Morgan fingerprint density at radius 2 is 1.95 bits per heavy atom. The van der Waals surface area contributed by atoms with E-state index in [1.807, 2.05) is 25.5 Å². The maximum absolute atomic E-state index is 12.2. The molecule has 3 N–H and O–H groups in total. The van der Waals surface area contributed by atoms with Crippen LogP contribution in [0.2, 0.25) is 0 Å². The number of hydrogen-bond acceptors (Lipinski definition) is 3. The third-order valence-corrected chi connectivity index (χ3v) is 2.79. The summed E-state index contributed by atoms with van der Waals surface area (Å²) in [4.78, 5) is 12.2. The molecule has 5 nitrogen and oxygen atoms in total. The summed E-state index contributed by atoms with van der Waals surface area (Å²) in [5, 5.41) is 7.21. The molecule has 0 fully saturated rings. The molecule has 0 aliphatic heterocycles. The molecule has 1 rings (SSSR count). The Kier molecular flexibility index (Phi) is 4.40. The molecule has 1 aromatic heterocycles. The lowest BCUT2D eigenvalue weighted by atomic mass is 10.1. The quantitative estimate of drug-likeness (QED) is 0.870. The lowest BCUT2D eigenvalue weighted by Crippen LogP contribution is -2.45. The molecule has 0 spiro atoms. The van der Waals surface area contributed by atoms with E-state index in [1.165, 1.54) is 0 Å². The minimum atomic E-state index is -0.415. The Balaban J connectivity index is 2.96. The van der Waals surface area contributed by atoms with E-state index in [4.69, 9.17) is 5.73 Å². The van der Waals surface area contributed by atoms with Gasteiger partial charge < -0.3 is 11.1 Å². The molecule has 0 saturated carbocycles. The molecule has 1 amide bonds. The first-order valence-electron chi connectivity index (χ1n) is 6.70. The molecular formula is C14H26N4O. The van der Waals surface area contributed by atoms with Crippen molar-refractivity contribution < 1.29 is 4.79 Å². The summed E-state index contributed by atoms with van der Waals surface area (Å²) >= 11 is 0. The highest BCUT2D eigenvalue weighted by Gasteiger charge is 2.23. The van der Waals surface area contributed by atoms with Gasteiger partial charge in [-0.05, 0) is 41.0 Å². The fraction of sp³-hybridized carbons (Fsp3) is 0.714. The van der Waals surface area contributed by atoms with Gasteiger partial charge in [-0.1, -0.05) is 6.92 Å². The number of aromatic nitrogens is 2. The predicted molar refractivity (Wildman–Crippen MR) is 77.2 cm³/mol. The van der Waals surface area contributed by atoms with Gasteiger partial charge in [0, 0.05) is 12.1 Å². The first kappa shape index (κ1) is 15.7. The minimum absolute atomic E-state index is 0.106. The summed E-state index contributed by atoms with van der Waals surface area (Å²) in [6, 6.07) is 0. The molecule has 0 aliphatic carbocycles. The van der Waals surface area contributed by atoms with Gasteiger partial charge in [0.2, 0.25) is 0 Å². The monoisotopic (exact) mass is 266 g/mol. The van der Waals surface area contributed by atoms with Crippen molar-refractivity contribution >= 4 is 5.91 Å². The Morgan fingerprint density at radius 3 is 2.37 bits per heavy atom. The van der Waals surface area contributed by atoms with Crippen LogP contribution >= 0.6 is 0 Å². The van der Waals surface area contributed by atoms with Crippen LogP contribution in [0.4, 0.5) is 0 Å². The number of rotatable bonds is 4. The van der Waals surface area contributed by atoms with Crippen LogP contribution in [0.5, 0.6) is 0 Å². The van der Waals surface area contributed by atoms with Gasteiger partial charge in [-0.15, -0.1) is 0 Å². The highest BCUT2D eigenvalue weighted by Crippen LogP contribution is 2.19. The zero-order valence-electron chi connectivity index (χ0n) is 12.9. The second kappa shape index (κ2) is 5.33. The van der Waals surface area contributed by atoms with Gasteiger partial charge in [0.1, 0.15) is 0 Å². The van der Waals surface area contributed by atoms with Gasteiger partial charge in [0.05, 0.1) is 23.0 Å². The van der Waals surface area contributed by atoms with Crippen LogP contribution in [0.3, 0.4) is 0 Å². The maximum Gasteiger partial charge on any atom is 0.254 e. The van der Waals surface area contributed by atoms with E-state index >= 15 is 0 Å². The second-order valence-electron chi connectivity index (χ2n) is 6.61. The Bertz CT molecular complexity index is 449. The summed E-state index contributed by atoms with van der Waals surface area (Å²) in [5.74, 6) is -0.106. The van der Waals surface area contributed by atoms with Crippen molar-refractivity contribution in [1.29, 1.82) is 0 Å². The van der Waals surface area contributed by atoms with E-state index in [9.17, 15) is 4.79 Å². The van der Waals surface area contributed by atoms with Gasteiger partial charge in [0.25, 0.3) is 5.91 Å². The van der Waals surface area contributed by atoms with Crippen molar-refractivity contribution in [3.8, 4) is 0 Å². The molecule has 5 heteroatoms. The maximum atomic E-state index is 12.2. The van der Waals surface area contributed by atoms with E-state index in [2.05, 4.69) is 31.2 Å². The van der Waals surface area contributed by atoms with Crippen LogP contribution in [0.25, 0.3) is 0 Å². The average Bonchev–Trinajstić information content (AvgIpc) is 2.67. The topological polar surface area (TPSA) is 72.9 Å². The predicted octanol–water partition coefficient (Wildman–Crippen LogP) is 1.67. The van der Waals surface area contributed by atoms with Gasteiger partial charge in [0.15, 0.2) is 0 Å². The van der Waals surface area contributed by atoms with Crippen LogP contribution in [0.15, 0.2) is 6.20 Å². The lowest BCUT2D eigenvalue weighted by Gasteiger charge is -2.23. The Labute approximate surface area is 115 Å². The summed E-state index contributed by atoms with van der Waals surface area (Å²) in [5.41, 5.74) is 6.93. The zero-order chi connectivity index (χ0) is 14.8. The molecule has 1 aromatic rings. The van der Waals surface area contributed by atoms with Crippen LogP contribution in [0.1, 0.15) is 57.6 Å². The number of amides is 1. The fourth-order valence-corrected chi connectivity index (χ4v) is 1.89. The van der Waals surface area contributed by atoms with Gasteiger partial charge in [-0.3, -0.25) is 9.48 Å². The largest absolute Gasteiger partial charge is 0.350 e. The lowest BCUT2D eigenvalue weighted by molar-refractivity contribution is 0.0945. The number of nitrogens with one attached hydrogen (secondary N) is 1. The van der Waals surface area contributed by atoms with Crippen molar-refractivity contribution in [3.05, 3.63) is 17.5 Å². The van der Waals surface area contributed by atoms with E-state index in [0.717, 1.165) is 12.1 Å². The number of nitrogens with two attached hydrogens (primary N) is 1. The molecule has 19 heavy (non-hydrogen) atoms. The number of hydrogen-bond donors (Lipinski definition) is 2. The SMILES string of the molecule is CCc1c(C(=O)NCC(C)(C)N)cnn1C(C)(C)C. The first-order valence-corrected chi connectivity index (χ1v) is 6.70. The van der Waals surface area contributed by atoms with Gasteiger partial charge >= 0.3 is 0 Å². The normalized spacial score (nSPS) is 12.6. The number of nitrogens with zero attached hydrogens (tertiary/aromatic N) is 2. The van der Waals surface area contributed by atoms with Crippen LogP contribution in [-0.4, -0.2) is 27.8 Å². The van der Waals surface area contributed by atoms with Crippen LogP contribution < -0.4 is 11.1 Å². The standard InChI is InChI=1S/C14H26N4O/c1-7-11-10(8-17-18(11)13(2,3)4)12(19)16-9-14(5,6)15/h8H,7,9,15H2,1-6H3,(H,16,19). The van der Waals surface area contributed by atoms with Crippen molar-refractivity contribution in [2.75, 3.05) is 6.54 Å². The first-order chi connectivity index (χ1) is 8.56. The summed E-state index contributed by atoms with van der Waals surface area (Å²) < 4.78 is 1.91. The van der Waals surface area contributed by atoms with E-state index in [1.54, 1.807) is 6.20 Å². The molecule has 0 saturated heterocycles. The molecular weight excluding hydrogens is 240 g/mol. The van der Waals surface area contributed by atoms with Crippen molar-refractivity contribution in [1.82, 2.24) is 15.1 Å². The summed E-state index contributed by atoms with van der Waals surface area (Å²) in [6.45, 7) is 12.5. The molecule has 0 aromatic carbocycles. The smallest absolute Gasteiger partial charge is 0.254 e. The summed E-state index contributed by atoms with van der Waals surface area (Å²) in [6.07, 6.45) is 2.41. The average molecular weight is 266 g/mol.